The number of ether oxygens (including phenoxy) is 2. The van der Waals surface area contributed by atoms with Crippen LogP contribution in [0.4, 0.5) is 17.1 Å². The number of morpholine rings is 2. The van der Waals surface area contributed by atoms with Crippen LogP contribution in [0, 0.1) is 0 Å². The number of nitrogens with zero attached hydrogens (tertiary/aromatic N) is 3. The van der Waals surface area contributed by atoms with Gasteiger partial charge >= 0.3 is 0 Å². The largest absolute Gasteiger partial charge is 0.378 e. The molecule has 3 aromatic rings. The number of allylic oxidation sites excluding steroid dienone is 5. The summed E-state index contributed by atoms with van der Waals surface area (Å²) >= 11 is 0. The van der Waals surface area contributed by atoms with E-state index >= 15 is 0 Å². The van der Waals surface area contributed by atoms with Crippen LogP contribution in [0.25, 0.3) is 6.08 Å². The van der Waals surface area contributed by atoms with Crippen molar-refractivity contribution >= 4 is 23.1 Å². The average Bonchev–Trinajstić information content (AvgIpc) is 3.46. The Labute approximate surface area is 238 Å². The molecule has 40 heavy (non-hydrogen) atoms. The third-order valence-electron chi connectivity index (χ3n) is 8.13. The van der Waals surface area contributed by atoms with Gasteiger partial charge in [-0.25, -0.2) is 0 Å². The standard InChI is InChI=1S/C35H39N3O2/c1-36(2)31-12-6-27(7-13-31)26-30-4-3-5-34(30)35(28-8-14-32(15-9-28)37-18-22-39-23-19-37)29-10-16-33(17-11-29)38-20-24-40-25-21-38/h3-17,26,35H,18-25H2,1-2H3/b30-26+. The molecule has 2 fully saturated rings. The number of hydrogen-bond acceptors (Lipinski definition) is 5. The molecule has 6 rings (SSSR count). The summed E-state index contributed by atoms with van der Waals surface area (Å²) in [5, 5.41) is 0. The lowest BCUT2D eigenvalue weighted by molar-refractivity contribution is 0.122. The maximum atomic E-state index is 5.57. The third kappa shape index (κ3) is 5.86. The lowest BCUT2D eigenvalue weighted by Crippen LogP contribution is -2.36. The fourth-order valence-corrected chi connectivity index (χ4v) is 5.84. The smallest absolute Gasteiger partial charge is 0.0642 e. The Bertz CT molecular complexity index is 1300. The van der Waals surface area contributed by atoms with Crippen LogP contribution in [0.15, 0.2) is 102 Å². The van der Waals surface area contributed by atoms with Gasteiger partial charge in [0, 0.05) is 63.3 Å². The first kappa shape index (κ1) is 26.4. The van der Waals surface area contributed by atoms with Crippen LogP contribution in [0.2, 0.25) is 0 Å². The summed E-state index contributed by atoms with van der Waals surface area (Å²) in [6.07, 6.45) is 9.03. The summed E-state index contributed by atoms with van der Waals surface area (Å²) in [4.78, 5) is 6.96. The Kier molecular flexibility index (Phi) is 8.03. The van der Waals surface area contributed by atoms with Gasteiger partial charge < -0.3 is 24.2 Å². The van der Waals surface area contributed by atoms with Gasteiger partial charge in [-0.15, -0.1) is 0 Å². The highest BCUT2D eigenvalue weighted by molar-refractivity contribution is 5.70. The summed E-state index contributed by atoms with van der Waals surface area (Å²) in [5.41, 5.74) is 10.2. The van der Waals surface area contributed by atoms with E-state index in [1.165, 1.54) is 44.9 Å². The van der Waals surface area contributed by atoms with Crippen LogP contribution in [-0.4, -0.2) is 66.7 Å². The van der Waals surface area contributed by atoms with E-state index in [4.69, 9.17) is 9.47 Å². The lowest BCUT2D eigenvalue weighted by atomic mass is 9.82. The summed E-state index contributed by atoms with van der Waals surface area (Å²) in [6.45, 7) is 6.95. The number of benzene rings is 3. The molecule has 0 amide bonds. The zero-order chi connectivity index (χ0) is 27.3. The predicted molar refractivity (Wildman–Crippen MR) is 167 cm³/mol. The first-order valence-corrected chi connectivity index (χ1v) is 14.4. The number of rotatable bonds is 7. The topological polar surface area (TPSA) is 28.2 Å². The molecule has 206 valence electrons. The van der Waals surface area contributed by atoms with Gasteiger partial charge in [0.15, 0.2) is 0 Å². The minimum Gasteiger partial charge on any atom is -0.378 e. The highest BCUT2D eigenvalue weighted by Crippen LogP contribution is 2.40. The van der Waals surface area contributed by atoms with Gasteiger partial charge in [0.25, 0.3) is 0 Å². The van der Waals surface area contributed by atoms with Crippen LogP contribution in [0.5, 0.6) is 0 Å². The molecule has 0 unspecified atom stereocenters. The van der Waals surface area contributed by atoms with Gasteiger partial charge in [-0.1, -0.05) is 54.6 Å². The first-order valence-electron chi connectivity index (χ1n) is 14.4. The Hall–Kier alpha value is -3.80. The molecule has 0 aromatic heterocycles. The van der Waals surface area contributed by atoms with E-state index in [0.717, 1.165) is 52.6 Å². The van der Waals surface area contributed by atoms with Crippen molar-refractivity contribution in [3.8, 4) is 0 Å². The maximum Gasteiger partial charge on any atom is 0.0642 e. The van der Waals surface area contributed by atoms with Crippen molar-refractivity contribution in [2.45, 2.75) is 5.92 Å². The van der Waals surface area contributed by atoms with Crippen LogP contribution < -0.4 is 14.7 Å². The molecule has 5 nitrogen and oxygen atoms in total. The van der Waals surface area contributed by atoms with E-state index < -0.39 is 0 Å². The van der Waals surface area contributed by atoms with E-state index in [-0.39, 0.29) is 5.92 Å². The molecule has 0 atom stereocenters. The molecule has 0 saturated carbocycles. The molecule has 0 bridgehead atoms. The van der Waals surface area contributed by atoms with Crippen molar-refractivity contribution in [3.05, 3.63) is 119 Å². The second kappa shape index (κ2) is 12.2. The van der Waals surface area contributed by atoms with Crippen molar-refractivity contribution in [1.82, 2.24) is 0 Å². The second-order valence-corrected chi connectivity index (χ2v) is 10.9. The van der Waals surface area contributed by atoms with Gasteiger partial charge in [-0.2, -0.15) is 0 Å². The Morgan fingerprint density at radius 3 is 1.65 bits per heavy atom. The predicted octanol–water partition coefficient (Wildman–Crippen LogP) is 6.14. The summed E-state index contributed by atoms with van der Waals surface area (Å²) in [5.74, 6) is 0.139. The molecule has 2 heterocycles. The van der Waals surface area contributed by atoms with Gasteiger partial charge in [-0.3, -0.25) is 0 Å². The molecular formula is C35H39N3O2. The Balaban J connectivity index is 1.33. The quantitative estimate of drug-likeness (QED) is 0.364. The van der Waals surface area contributed by atoms with Crippen LogP contribution >= 0.6 is 0 Å². The van der Waals surface area contributed by atoms with Gasteiger partial charge in [0.05, 0.1) is 26.4 Å². The fraction of sp³-hybridized carbons (Fsp3) is 0.314. The van der Waals surface area contributed by atoms with Gasteiger partial charge in [0.2, 0.25) is 0 Å². The van der Waals surface area contributed by atoms with Crippen molar-refractivity contribution < 1.29 is 9.47 Å². The summed E-state index contributed by atoms with van der Waals surface area (Å²) in [6, 6.07) is 27.1. The third-order valence-corrected chi connectivity index (χ3v) is 8.13. The van der Waals surface area contributed by atoms with Crippen molar-refractivity contribution in [2.75, 3.05) is 81.4 Å². The fourth-order valence-electron chi connectivity index (χ4n) is 5.84. The lowest BCUT2D eigenvalue weighted by Gasteiger charge is -2.30. The first-order chi connectivity index (χ1) is 19.7. The minimum absolute atomic E-state index is 0.139. The molecule has 3 aromatic carbocycles. The normalized spacial score (nSPS) is 18.5. The number of anilines is 3. The number of hydrogen-bond donors (Lipinski definition) is 0. The molecule has 0 N–H and O–H groups in total. The Morgan fingerprint density at radius 2 is 1.18 bits per heavy atom. The van der Waals surface area contributed by atoms with Crippen molar-refractivity contribution in [2.24, 2.45) is 0 Å². The van der Waals surface area contributed by atoms with E-state index in [0.29, 0.717) is 0 Å². The Morgan fingerprint density at radius 1 is 0.675 bits per heavy atom. The van der Waals surface area contributed by atoms with Crippen LogP contribution in [0.3, 0.4) is 0 Å². The SMILES string of the molecule is CN(C)c1ccc(/C=C2\C=CC=C2C(c2ccc(N3CCOCC3)cc2)c2ccc(N3CCOCC3)cc2)cc1. The molecule has 5 heteroatoms. The van der Waals surface area contributed by atoms with Gasteiger partial charge in [-0.05, 0) is 70.3 Å². The average molecular weight is 534 g/mol. The molecule has 2 aliphatic heterocycles. The molecule has 3 aliphatic rings. The van der Waals surface area contributed by atoms with Crippen molar-refractivity contribution in [1.29, 1.82) is 0 Å². The molecule has 2 saturated heterocycles. The minimum atomic E-state index is 0.139. The highest BCUT2D eigenvalue weighted by Gasteiger charge is 2.24. The van der Waals surface area contributed by atoms with Gasteiger partial charge in [0.1, 0.15) is 0 Å². The molecule has 1 aliphatic carbocycles. The summed E-state index contributed by atoms with van der Waals surface area (Å²) < 4.78 is 11.1. The highest BCUT2D eigenvalue weighted by atomic mass is 16.5. The van der Waals surface area contributed by atoms with Crippen LogP contribution in [-0.2, 0) is 9.47 Å². The zero-order valence-electron chi connectivity index (χ0n) is 23.6. The van der Waals surface area contributed by atoms with Crippen LogP contribution in [0.1, 0.15) is 22.6 Å². The van der Waals surface area contributed by atoms with E-state index in [1.807, 2.05) is 0 Å². The zero-order valence-corrected chi connectivity index (χ0v) is 23.6. The monoisotopic (exact) mass is 533 g/mol. The maximum absolute atomic E-state index is 5.57. The molecule has 0 spiro atoms. The summed E-state index contributed by atoms with van der Waals surface area (Å²) in [7, 11) is 4.15. The molecular weight excluding hydrogens is 494 g/mol. The van der Waals surface area contributed by atoms with E-state index in [2.05, 4.69) is 126 Å². The molecule has 0 radical (unpaired) electrons. The van der Waals surface area contributed by atoms with Crippen molar-refractivity contribution in [3.63, 3.8) is 0 Å². The second-order valence-electron chi connectivity index (χ2n) is 10.9. The van der Waals surface area contributed by atoms with E-state index in [9.17, 15) is 0 Å². The van der Waals surface area contributed by atoms with E-state index in [1.54, 1.807) is 0 Å².